The molecule has 140 valence electrons. The van der Waals surface area contributed by atoms with E-state index in [1.54, 1.807) is 11.5 Å². The fourth-order valence-electron chi connectivity index (χ4n) is 4.33. The second-order valence-electron chi connectivity index (χ2n) is 7.85. The maximum absolute atomic E-state index is 15.0. The Kier molecular flexibility index (Phi) is 3.92. The molecule has 2 atom stereocenters. The molecular weight excluding hydrogens is 337 g/mol. The van der Waals surface area contributed by atoms with Crippen LogP contribution in [0.15, 0.2) is 15.7 Å². The van der Waals surface area contributed by atoms with Gasteiger partial charge in [-0.2, -0.15) is 0 Å². The van der Waals surface area contributed by atoms with Crippen molar-refractivity contribution < 1.29 is 10.2 Å². The van der Waals surface area contributed by atoms with Crippen molar-refractivity contribution in [1.29, 1.82) is 0 Å². The van der Waals surface area contributed by atoms with Crippen molar-refractivity contribution in [2.75, 3.05) is 18.0 Å². The van der Waals surface area contributed by atoms with Gasteiger partial charge in [0.25, 0.3) is 0 Å². The number of nitrogens with two attached hydrogens (primary N) is 1. The molecule has 1 saturated carbocycles. The lowest BCUT2D eigenvalue weighted by Crippen LogP contribution is -2.69. The summed E-state index contributed by atoms with van der Waals surface area (Å²) >= 11 is 0. The number of hydrogen-bond acceptors (Lipinski definition) is 4. The average Bonchev–Trinajstić information content (AvgIpc) is 3.38. The van der Waals surface area contributed by atoms with Crippen LogP contribution in [0.1, 0.15) is 37.8 Å². The largest absolute Gasteiger partial charge is 0.376 e. The lowest BCUT2D eigenvalue weighted by atomic mass is 9.95. The van der Waals surface area contributed by atoms with Gasteiger partial charge in [0, 0.05) is 30.7 Å². The lowest BCUT2D eigenvalue weighted by Gasteiger charge is -2.37. The quantitative estimate of drug-likeness (QED) is 0.793. The predicted molar refractivity (Wildman–Crippen MR) is 97.7 cm³/mol. The molecule has 26 heavy (non-hydrogen) atoms. The summed E-state index contributed by atoms with van der Waals surface area (Å²) < 4.78 is 17.5. The number of rotatable bonds is 2. The van der Waals surface area contributed by atoms with Crippen LogP contribution in [0.25, 0.3) is 10.9 Å². The van der Waals surface area contributed by atoms with Gasteiger partial charge in [-0.25, -0.2) is 15.0 Å². The van der Waals surface area contributed by atoms with Crippen LogP contribution < -0.4 is 27.7 Å². The fraction of sp³-hybridized carbons (Fsp3) is 0.556. The molecular formula is C18H25FN5O2+. The average molecular weight is 362 g/mol. The molecule has 0 radical (unpaired) electrons. The monoisotopic (exact) mass is 362 g/mol. The Morgan fingerprint density at radius 2 is 1.96 bits per heavy atom. The third kappa shape index (κ3) is 2.55. The summed E-state index contributed by atoms with van der Waals surface area (Å²) in [6.07, 6.45) is 2.67. The fourth-order valence-corrected chi connectivity index (χ4v) is 4.33. The van der Waals surface area contributed by atoms with Gasteiger partial charge in [-0.3, -0.25) is 9.36 Å². The van der Waals surface area contributed by atoms with E-state index in [4.69, 9.17) is 5.73 Å². The summed E-state index contributed by atoms with van der Waals surface area (Å²) in [4.78, 5) is 27.1. The van der Waals surface area contributed by atoms with Gasteiger partial charge in [-0.15, -0.1) is 0 Å². The van der Waals surface area contributed by atoms with Crippen molar-refractivity contribution in [2.45, 2.75) is 45.2 Å². The molecule has 1 aromatic carbocycles. The van der Waals surface area contributed by atoms with Gasteiger partial charge in [-0.05, 0) is 38.2 Å². The SMILES string of the molecule is Cc1c(N2CC(C)CC(N)C2)c(F)cc2c(=O)n([NH3+])c(=O)n(C3CC3)c12. The minimum Gasteiger partial charge on any atom is -0.367 e. The number of aromatic nitrogens is 2. The summed E-state index contributed by atoms with van der Waals surface area (Å²) in [5.74, 6) is 3.46. The molecule has 0 bridgehead atoms. The van der Waals surface area contributed by atoms with Crippen LogP contribution in [0.5, 0.6) is 0 Å². The zero-order valence-corrected chi connectivity index (χ0v) is 15.2. The topological polar surface area (TPSA) is 101 Å². The van der Waals surface area contributed by atoms with E-state index in [9.17, 15) is 9.59 Å². The number of benzene rings is 1. The number of anilines is 1. The normalized spacial score (nSPS) is 23.7. The van der Waals surface area contributed by atoms with Gasteiger partial charge in [-0.1, -0.05) is 11.6 Å². The summed E-state index contributed by atoms with van der Waals surface area (Å²) in [5, 5.41) is 0.208. The number of fused-ring (bicyclic) bond motifs is 1. The second-order valence-corrected chi connectivity index (χ2v) is 7.85. The molecule has 1 aliphatic carbocycles. The van der Waals surface area contributed by atoms with Crippen LogP contribution in [0.2, 0.25) is 0 Å². The van der Waals surface area contributed by atoms with Crippen molar-refractivity contribution in [2.24, 2.45) is 11.7 Å². The van der Waals surface area contributed by atoms with E-state index >= 15 is 4.39 Å². The maximum Gasteiger partial charge on any atom is 0.376 e. The number of aryl methyl sites for hydroxylation is 1. The van der Waals surface area contributed by atoms with E-state index in [1.807, 2.05) is 4.90 Å². The third-order valence-electron chi connectivity index (χ3n) is 5.54. The first kappa shape index (κ1) is 17.2. The van der Waals surface area contributed by atoms with Gasteiger partial charge < -0.3 is 10.6 Å². The number of piperidine rings is 1. The van der Waals surface area contributed by atoms with Crippen molar-refractivity contribution in [3.05, 3.63) is 38.3 Å². The minimum absolute atomic E-state index is 0.0216. The standard InChI is InChI=1S/C18H24FN5O2/c1-9-5-11(20)8-22(7-9)16-10(2)15-13(6-14(16)19)17(25)24(21)18(26)23(15)12-3-4-12/h6,9,11-12H,3-5,7-8,20-21H2,1-2H3/p+1. The van der Waals surface area contributed by atoms with E-state index in [-0.39, 0.29) is 17.5 Å². The van der Waals surface area contributed by atoms with Crippen LogP contribution in [0, 0.1) is 18.7 Å². The highest BCUT2D eigenvalue weighted by atomic mass is 19.1. The zero-order valence-electron chi connectivity index (χ0n) is 15.2. The first-order chi connectivity index (χ1) is 12.3. The number of halogens is 1. The Hall–Kier alpha value is -2.19. The predicted octanol–water partition coefficient (Wildman–Crippen LogP) is 0.124. The molecule has 2 unspecified atom stereocenters. The highest BCUT2D eigenvalue weighted by Crippen LogP contribution is 2.38. The van der Waals surface area contributed by atoms with Gasteiger partial charge in [0.1, 0.15) is 5.82 Å². The first-order valence-corrected chi connectivity index (χ1v) is 9.11. The molecule has 5 N–H and O–H groups in total. The molecule has 2 aromatic rings. The summed E-state index contributed by atoms with van der Waals surface area (Å²) in [7, 11) is 0. The molecule has 2 aliphatic rings. The van der Waals surface area contributed by atoms with E-state index in [0.29, 0.717) is 35.8 Å². The highest BCUT2D eigenvalue weighted by Gasteiger charge is 2.32. The van der Waals surface area contributed by atoms with Gasteiger partial charge in [0.2, 0.25) is 0 Å². The summed E-state index contributed by atoms with van der Waals surface area (Å²) in [5.41, 5.74) is 6.76. The van der Waals surface area contributed by atoms with Crippen LogP contribution >= 0.6 is 0 Å². The van der Waals surface area contributed by atoms with Gasteiger partial charge in [0.05, 0.1) is 16.6 Å². The molecule has 1 saturated heterocycles. The summed E-state index contributed by atoms with van der Waals surface area (Å²) in [6, 6.07) is 1.29. The molecule has 4 rings (SSSR count). The highest BCUT2D eigenvalue weighted by molar-refractivity contribution is 5.87. The van der Waals surface area contributed by atoms with E-state index in [1.165, 1.54) is 6.07 Å². The van der Waals surface area contributed by atoms with Crippen molar-refractivity contribution in [1.82, 2.24) is 9.24 Å². The van der Waals surface area contributed by atoms with Crippen LogP contribution in [0.4, 0.5) is 10.1 Å². The van der Waals surface area contributed by atoms with Crippen molar-refractivity contribution in [3.8, 4) is 0 Å². The van der Waals surface area contributed by atoms with Crippen LogP contribution in [-0.4, -0.2) is 28.4 Å². The zero-order chi connectivity index (χ0) is 18.7. The van der Waals surface area contributed by atoms with Crippen LogP contribution in [0.3, 0.4) is 0 Å². The number of nitrogens with zero attached hydrogens (tertiary/aromatic N) is 3. The molecule has 0 spiro atoms. The van der Waals surface area contributed by atoms with E-state index in [2.05, 4.69) is 12.8 Å². The molecule has 1 aliphatic heterocycles. The number of quaternary nitrogens is 1. The van der Waals surface area contributed by atoms with Crippen molar-refractivity contribution in [3.63, 3.8) is 0 Å². The Morgan fingerprint density at radius 3 is 2.58 bits per heavy atom. The molecule has 8 heteroatoms. The number of hydrogen-bond donors (Lipinski definition) is 2. The molecule has 0 amide bonds. The molecule has 7 nitrogen and oxygen atoms in total. The van der Waals surface area contributed by atoms with Gasteiger partial charge >= 0.3 is 11.2 Å². The Labute approximate surface area is 150 Å². The second kappa shape index (κ2) is 5.92. The third-order valence-corrected chi connectivity index (χ3v) is 5.54. The van der Waals surface area contributed by atoms with Gasteiger partial charge in [0.15, 0.2) is 0 Å². The molecule has 2 heterocycles. The Balaban J connectivity index is 2.02. The van der Waals surface area contributed by atoms with Crippen molar-refractivity contribution >= 4 is 16.6 Å². The Morgan fingerprint density at radius 1 is 1.27 bits per heavy atom. The molecule has 2 fully saturated rings. The Bertz CT molecular complexity index is 998. The molecule has 1 aromatic heterocycles. The first-order valence-electron chi connectivity index (χ1n) is 9.11. The van der Waals surface area contributed by atoms with E-state index in [0.717, 1.165) is 23.9 Å². The summed E-state index contributed by atoms with van der Waals surface area (Å²) in [6.45, 7) is 5.16. The smallest absolute Gasteiger partial charge is 0.367 e. The minimum atomic E-state index is -0.556. The maximum atomic E-state index is 15.0. The van der Waals surface area contributed by atoms with Crippen LogP contribution in [-0.2, 0) is 0 Å². The van der Waals surface area contributed by atoms with E-state index < -0.39 is 17.1 Å². The lowest BCUT2D eigenvalue weighted by molar-refractivity contribution is -0.448.